The fraction of sp³-hybridized carbons (Fsp3) is 0.294. The predicted molar refractivity (Wildman–Crippen MR) is 111 cm³/mol. The second-order valence-corrected chi connectivity index (χ2v) is 7.74. The molecule has 158 valence electrons. The summed E-state index contributed by atoms with van der Waals surface area (Å²) in [5, 5.41) is 11.0. The fourth-order valence-electron chi connectivity index (χ4n) is 2.36. The lowest BCUT2D eigenvalue weighted by Gasteiger charge is -2.07. The van der Waals surface area contributed by atoms with E-state index in [1.54, 1.807) is 25.1 Å². The number of thioether (sulfide) groups is 1. The molecule has 0 saturated heterocycles. The van der Waals surface area contributed by atoms with E-state index in [0.29, 0.717) is 21.4 Å². The summed E-state index contributed by atoms with van der Waals surface area (Å²) in [7, 11) is 1.28. The third-order valence-electron chi connectivity index (χ3n) is 3.74. The van der Waals surface area contributed by atoms with Gasteiger partial charge in [0, 0.05) is 0 Å². The number of thiazole rings is 1. The van der Waals surface area contributed by atoms with E-state index in [-0.39, 0.29) is 24.9 Å². The van der Waals surface area contributed by atoms with Gasteiger partial charge in [-0.2, -0.15) is 0 Å². The third-order valence-corrected chi connectivity index (χ3v) is 5.61. The van der Waals surface area contributed by atoms with Crippen molar-refractivity contribution in [2.75, 3.05) is 30.5 Å². The number of benzene rings is 1. The Labute approximate surface area is 179 Å². The van der Waals surface area contributed by atoms with Gasteiger partial charge in [-0.15, -0.1) is 10.2 Å². The van der Waals surface area contributed by atoms with E-state index in [1.807, 2.05) is 0 Å². The van der Waals surface area contributed by atoms with Crippen molar-refractivity contribution < 1.29 is 23.9 Å². The lowest BCUT2D eigenvalue weighted by Crippen LogP contribution is -2.20. The second kappa shape index (κ2) is 9.54. The van der Waals surface area contributed by atoms with Crippen LogP contribution >= 0.6 is 23.1 Å². The van der Waals surface area contributed by atoms with Gasteiger partial charge in [0.2, 0.25) is 11.9 Å². The first-order chi connectivity index (χ1) is 14.4. The zero-order chi connectivity index (χ0) is 21.7. The smallest absolute Gasteiger partial charge is 0.338 e. The summed E-state index contributed by atoms with van der Waals surface area (Å²) >= 11 is 2.28. The maximum Gasteiger partial charge on any atom is 0.338 e. The maximum absolute atomic E-state index is 12.5. The first-order valence-corrected chi connectivity index (χ1v) is 10.5. The average Bonchev–Trinajstić information content (AvgIpc) is 3.28. The number of carbonyl (C=O) groups is 3. The molecule has 3 N–H and O–H groups in total. The summed E-state index contributed by atoms with van der Waals surface area (Å²) < 4.78 is 11.7. The van der Waals surface area contributed by atoms with Crippen LogP contribution in [0.2, 0.25) is 0 Å². The van der Waals surface area contributed by atoms with Crippen molar-refractivity contribution in [3.8, 4) is 0 Å². The highest BCUT2D eigenvalue weighted by Crippen LogP contribution is 2.27. The number of amides is 1. The molecule has 0 atom stereocenters. The van der Waals surface area contributed by atoms with Gasteiger partial charge in [0.25, 0.3) is 0 Å². The molecule has 1 amide bonds. The molecule has 13 heteroatoms. The maximum atomic E-state index is 12.5. The Morgan fingerprint density at radius 3 is 2.83 bits per heavy atom. The molecule has 3 rings (SSSR count). The topological polar surface area (TPSA) is 151 Å². The zero-order valence-electron chi connectivity index (χ0n) is 16.1. The van der Waals surface area contributed by atoms with Crippen molar-refractivity contribution in [3.63, 3.8) is 0 Å². The fourth-order valence-corrected chi connectivity index (χ4v) is 4.06. The molecule has 1 aromatic carbocycles. The van der Waals surface area contributed by atoms with E-state index in [4.69, 9.17) is 10.5 Å². The van der Waals surface area contributed by atoms with Crippen molar-refractivity contribution in [3.05, 3.63) is 23.8 Å². The number of esters is 2. The van der Waals surface area contributed by atoms with Gasteiger partial charge >= 0.3 is 11.9 Å². The first kappa shape index (κ1) is 21.5. The molecule has 2 heterocycles. The first-order valence-electron chi connectivity index (χ1n) is 8.67. The molecular weight excluding hydrogens is 432 g/mol. The molecule has 0 aliphatic heterocycles. The molecule has 0 radical (unpaired) electrons. The largest absolute Gasteiger partial charge is 0.468 e. The summed E-state index contributed by atoms with van der Waals surface area (Å²) in [5.41, 5.74) is 6.83. The van der Waals surface area contributed by atoms with Gasteiger partial charge in [-0.25, -0.2) is 9.78 Å². The molecular formula is C17H18N6O5S2. The van der Waals surface area contributed by atoms with Crippen molar-refractivity contribution in [1.29, 1.82) is 0 Å². The van der Waals surface area contributed by atoms with Gasteiger partial charge in [-0.05, 0) is 25.1 Å². The van der Waals surface area contributed by atoms with E-state index in [2.05, 4.69) is 25.2 Å². The van der Waals surface area contributed by atoms with E-state index >= 15 is 0 Å². The number of methoxy groups -OCH3 is 1. The van der Waals surface area contributed by atoms with Crippen molar-refractivity contribution >= 4 is 62.2 Å². The number of nitrogens with two attached hydrogens (primary N) is 1. The molecule has 11 nitrogen and oxygen atoms in total. The van der Waals surface area contributed by atoms with Crippen molar-refractivity contribution in [2.45, 2.75) is 18.6 Å². The van der Waals surface area contributed by atoms with Crippen LogP contribution in [0.3, 0.4) is 0 Å². The Morgan fingerprint density at radius 1 is 1.30 bits per heavy atom. The Bertz CT molecular complexity index is 1100. The lowest BCUT2D eigenvalue weighted by atomic mass is 10.2. The number of nitrogens with one attached hydrogen (secondary N) is 1. The summed E-state index contributed by atoms with van der Waals surface area (Å²) in [6, 6.07) is 4.97. The van der Waals surface area contributed by atoms with Gasteiger partial charge in [0.1, 0.15) is 6.54 Å². The molecule has 0 unspecified atom stereocenters. The minimum atomic E-state index is -0.436. The van der Waals surface area contributed by atoms with E-state index in [1.165, 1.54) is 23.0 Å². The number of carbonyl (C=O) groups excluding carboxylic acids is 3. The predicted octanol–water partition coefficient (Wildman–Crippen LogP) is 1.55. The van der Waals surface area contributed by atoms with E-state index < -0.39 is 17.8 Å². The lowest BCUT2D eigenvalue weighted by molar-refractivity contribution is -0.137. The number of hydrogen-bond acceptors (Lipinski definition) is 11. The number of nitrogens with zero attached hydrogens (tertiary/aromatic N) is 4. The van der Waals surface area contributed by atoms with E-state index in [9.17, 15) is 14.4 Å². The zero-order valence-corrected chi connectivity index (χ0v) is 17.7. The van der Waals surface area contributed by atoms with Gasteiger partial charge in [0.15, 0.2) is 10.3 Å². The number of aromatic nitrogens is 4. The number of anilines is 2. The minimum absolute atomic E-state index is 0.0108. The number of hydrogen-bond donors (Lipinski definition) is 2. The van der Waals surface area contributed by atoms with Crippen LogP contribution in [-0.4, -0.2) is 57.1 Å². The summed E-state index contributed by atoms with van der Waals surface area (Å²) in [4.78, 5) is 40.0. The van der Waals surface area contributed by atoms with Gasteiger partial charge in [0.05, 0.1) is 35.2 Å². The van der Waals surface area contributed by atoms with Crippen molar-refractivity contribution in [2.24, 2.45) is 0 Å². The highest BCUT2D eigenvalue weighted by atomic mass is 32.2. The summed E-state index contributed by atoms with van der Waals surface area (Å²) in [6.07, 6.45) is 0. The Kier molecular flexibility index (Phi) is 6.84. The quantitative estimate of drug-likeness (QED) is 0.382. The van der Waals surface area contributed by atoms with Crippen LogP contribution in [-0.2, 0) is 25.6 Å². The molecule has 0 aliphatic rings. The van der Waals surface area contributed by atoms with Crippen LogP contribution < -0.4 is 11.1 Å². The molecule has 0 fully saturated rings. The van der Waals surface area contributed by atoms with Crippen molar-refractivity contribution in [1.82, 2.24) is 19.7 Å². The highest BCUT2D eigenvalue weighted by molar-refractivity contribution is 7.99. The Morgan fingerprint density at radius 2 is 2.10 bits per heavy atom. The van der Waals surface area contributed by atoms with Crippen LogP contribution in [0.25, 0.3) is 10.2 Å². The standard InChI is InChI=1S/C17H18N6O5S2/c1-3-28-14(26)9-4-5-10-11(6-9)30-16(19-10)20-12(24)7-23-15(18)21-22-17(23)29-8-13(25)27-2/h4-6H,3,7-8H2,1-2H3,(H2,18,21)(H,19,20,24). The van der Waals surface area contributed by atoms with Gasteiger partial charge in [-0.1, -0.05) is 23.1 Å². The van der Waals surface area contributed by atoms with Gasteiger partial charge in [-0.3, -0.25) is 14.2 Å². The van der Waals surface area contributed by atoms with Crippen LogP contribution in [0, 0.1) is 0 Å². The number of ether oxygens (including phenoxy) is 2. The highest BCUT2D eigenvalue weighted by Gasteiger charge is 2.17. The molecule has 3 aromatic rings. The minimum Gasteiger partial charge on any atom is -0.468 e. The van der Waals surface area contributed by atoms with E-state index in [0.717, 1.165) is 16.5 Å². The summed E-state index contributed by atoms with van der Waals surface area (Å²) in [6.45, 7) is 1.86. The Balaban J connectivity index is 1.69. The van der Waals surface area contributed by atoms with Crippen LogP contribution in [0.15, 0.2) is 23.4 Å². The number of nitrogen functional groups attached to an aromatic ring is 1. The van der Waals surface area contributed by atoms with Crippen LogP contribution in [0.4, 0.5) is 11.1 Å². The molecule has 0 aliphatic carbocycles. The molecule has 0 saturated carbocycles. The molecule has 0 spiro atoms. The average molecular weight is 451 g/mol. The molecule has 2 aromatic heterocycles. The second-order valence-electron chi connectivity index (χ2n) is 5.76. The van der Waals surface area contributed by atoms with Crippen LogP contribution in [0.1, 0.15) is 17.3 Å². The monoisotopic (exact) mass is 450 g/mol. The number of fused-ring (bicyclic) bond motifs is 1. The Hall–Kier alpha value is -3.19. The number of rotatable bonds is 8. The van der Waals surface area contributed by atoms with Crippen LogP contribution in [0.5, 0.6) is 0 Å². The molecule has 0 bridgehead atoms. The third kappa shape index (κ3) is 5.04. The van der Waals surface area contributed by atoms with Gasteiger partial charge < -0.3 is 20.5 Å². The SMILES string of the molecule is CCOC(=O)c1ccc2nc(NC(=O)Cn3c(N)nnc3SCC(=O)OC)sc2c1. The molecule has 30 heavy (non-hydrogen) atoms. The summed E-state index contributed by atoms with van der Waals surface area (Å²) in [5.74, 6) is -1.20. The normalized spacial score (nSPS) is 10.7.